The van der Waals surface area contributed by atoms with E-state index in [9.17, 15) is 9.59 Å². The van der Waals surface area contributed by atoms with E-state index < -0.39 is 0 Å². The van der Waals surface area contributed by atoms with E-state index in [1.807, 2.05) is 37.5 Å². The van der Waals surface area contributed by atoms with Crippen LogP contribution in [0.2, 0.25) is 0 Å². The van der Waals surface area contributed by atoms with Gasteiger partial charge in [0, 0.05) is 37.6 Å². The molecule has 10 nitrogen and oxygen atoms in total. The number of carbonyl (C=O) groups is 2. The van der Waals surface area contributed by atoms with Gasteiger partial charge in [-0.1, -0.05) is 35.4 Å². The monoisotopic (exact) mass is 612 g/mol. The molecule has 0 radical (unpaired) electrons. The molecular formula is C34H52N4O6. The Morgan fingerprint density at radius 3 is 1.07 bits per heavy atom. The van der Waals surface area contributed by atoms with Crippen LogP contribution in [0, 0.1) is 41.5 Å². The Morgan fingerprint density at radius 2 is 0.795 bits per heavy atom. The Morgan fingerprint density at radius 1 is 0.523 bits per heavy atom. The van der Waals surface area contributed by atoms with Gasteiger partial charge in [0.1, 0.15) is 0 Å². The summed E-state index contributed by atoms with van der Waals surface area (Å²) in [5, 5.41) is 6.18. The lowest BCUT2D eigenvalue weighted by Gasteiger charge is -2.24. The fourth-order valence-corrected chi connectivity index (χ4v) is 5.48. The maximum atomic E-state index is 12.9. The number of anilines is 2. The third kappa shape index (κ3) is 12.6. The molecule has 244 valence electrons. The number of nitrogens with zero attached hydrogens (tertiary/aromatic N) is 2. The predicted octanol–water partition coefficient (Wildman–Crippen LogP) is 3.80. The molecule has 10 heteroatoms. The highest BCUT2D eigenvalue weighted by Crippen LogP contribution is 2.23. The van der Waals surface area contributed by atoms with Crippen molar-refractivity contribution in [1.82, 2.24) is 9.80 Å². The van der Waals surface area contributed by atoms with Crippen molar-refractivity contribution in [1.29, 1.82) is 0 Å². The molecule has 1 heterocycles. The molecule has 1 fully saturated rings. The molecule has 1 saturated heterocycles. The van der Waals surface area contributed by atoms with Crippen LogP contribution in [-0.4, -0.2) is 114 Å². The smallest absolute Gasteiger partial charge is 0.238 e. The van der Waals surface area contributed by atoms with Crippen molar-refractivity contribution in [3.05, 3.63) is 57.6 Å². The van der Waals surface area contributed by atoms with Crippen LogP contribution in [0.3, 0.4) is 0 Å². The first kappa shape index (κ1) is 35.6. The molecule has 2 aromatic carbocycles. The van der Waals surface area contributed by atoms with Crippen LogP contribution in [0.4, 0.5) is 11.4 Å². The first-order chi connectivity index (χ1) is 21.1. The summed E-state index contributed by atoms with van der Waals surface area (Å²) in [6, 6.07) is 8.31. The summed E-state index contributed by atoms with van der Waals surface area (Å²) >= 11 is 0. The van der Waals surface area contributed by atoms with Gasteiger partial charge in [0.15, 0.2) is 0 Å². The van der Waals surface area contributed by atoms with Crippen LogP contribution in [0.1, 0.15) is 33.4 Å². The van der Waals surface area contributed by atoms with E-state index in [-0.39, 0.29) is 24.9 Å². The van der Waals surface area contributed by atoms with Crippen LogP contribution in [0.15, 0.2) is 24.3 Å². The van der Waals surface area contributed by atoms with Gasteiger partial charge in [-0.25, -0.2) is 0 Å². The van der Waals surface area contributed by atoms with Gasteiger partial charge in [-0.05, 0) is 63.8 Å². The minimum Gasteiger partial charge on any atom is -0.378 e. The molecule has 2 aromatic rings. The summed E-state index contributed by atoms with van der Waals surface area (Å²) in [4.78, 5) is 29.9. The standard InChI is InChI=1S/C34H52N4O6/c1-25-19-27(3)33(28(4)20-25)35-31(39)23-37-7-11-41-15-17-43-13-9-38(10-14-44-18-16-42-12-8-37)24-32(40)36-34-29(5)21-26(2)22-30(34)6/h19-22H,7-18,23-24H2,1-6H3,(H,35,39)(H,36,40). The molecule has 44 heavy (non-hydrogen) atoms. The van der Waals surface area contributed by atoms with Gasteiger partial charge >= 0.3 is 0 Å². The van der Waals surface area contributed by atoms with Crippen molar-refractivity contribution in [3.63, 3.8) is 0 Å². The zero-order chi connectivity index (χ0) is 31.9. The van der Waals surface area contributed by atoms with Crippen molar-refractivity contribution in [2.24, 2.45) is 0 Å². The minimum atomic E-state index is -0.0590. The first-order valence-electron chi connectivity index (χ1n) is 15.6. The fourth-order valence-electron chi connectivity index (χ4n) is 5.48. The molecule has 0 spiro atoms. The van der Waals surface area contributed by atoms with Crippen LogP contribution in [-0.2, 0) is 28.5 Å². The molecule has 0 unspecified atom stereocenters. The summed E-state index contributed by atoms with van der Waals surface area (Å²) in [7, 11) is 0. The van der Waals surface area contributed by atoms with E-state index >= 15 is 0 Å². The van der Waals surface area contributed by atoms with Gasteiger partial charge in [-0.2, -0.15) is 0 Å². The molecular weight excluding hydrogens is 560 g/mol. The highest BCUT2D eigenvalue weighted by Gasteiger charge is 2.16. The zero-order valence-electron chi connectivity index (χ0n) is 27.6. The molecule has 0 aliphatic carbocycles. The Labute approximate surface area is 263 Å². The predicted molar refractivity (Wildman–Crippen MR) is 175 cm³/mol. The first-order valence-corrected chi connectivity index (χ1v) is 15.6. The third-order valence-corrected chi connectivity index (χ3v) is 7.57. The average molecular weight is 613 g/mol. The van der Waals surface area contributed by atoms with Crippen molar-refractivity contribution < 1.29 is 28.5 Å². The second-order valence-electron chi connectivity index (χ2n) is 11.6. The highest BCUT2D eigenvalue weighted by molar-refractivity contribution is 5.94. The molecule has 0 saturated carbocycles. The van der Waals surface area contributed by atoms with E-state index in [0.717, 1.165) is 33.6 Å². The normalized spacial score (nSPS) is 17.4. The largest absolute Gasteiger partial charge is 0.378 e. The second-order valence-corrected chi connectivity index (χ2v) is 11.6. The maximum absolute atomic E-state index is 12.9. The van der Waals surface area contributed by atoms with Gasteiger partial charge in [-0.3, -0.25) is 19.4 Å². The molecule has 0 aromatic heterocycles. The molecule has 0 bridgehead atoms. The lowest BCUT2D eigenvalue weighted by atomic mass is 10.1. The molecule has 2 N–H and O–H groups in total. The number of nitrogens with one attached hydrogen (secondary N) is 2. The molecule has 0 atom stereocenters. The van der Waals surface area contributed by atoms with Gasteiger partial charge in [0.2, 0.25) is 11.8 Å². The summed E-state index contributed by atoms with van der Waals surface area (Å²) in [5.74, 6) is -0.118. The van der Waals surface area contributed by atoms with Gasteiger partial charge in [0.25, 0.3) is 0 Å². The molecule has 1 aliphatic heterocycles. The van der Waals surface area contributed by atoms with Gasteiger partial charge in [0.05, 0.1) is 65.9 Å². The van der Waals surface area contributed by atoms with Gasteiger partial charge < -0.3 is 29.6 Å². The van der Waals surface area contributed by atoms with E-state index in [0.29, 0.717) is 79.0 Å². The van der Waals surface area contributed by atoms with Crippen LogP contribution >= 0.6 is 0 Å². The SMILES string of the molecule is Cc1cc(C)c(NC(=O)CN2CCOCCOCCN(CC(=O)Nc3c(C)cc(C)cc3C)CCOCCOCC2)c(C)c1. The summed E-state index contributed by atoms with van der Waals surface area (Å²) < 4.78 is 23.2. The average Bonchev–Trinajstić information content (AvgIpc) is 2.94. The Kier molecular flexibility index (Phi) is 15.2. The Balaban J connectivity index is 1.46. The number of hydrogen-bond acceptors (Lipinski definition) is 8. The number of rotatable bonds is 6. The topological polar surface area (TPSA) is 102 Å². The van der Waals surface area contributed by atoms with E-state index in [1.54, 1.807) is 0 Å². The number of aryl methyl sites for hydroxylation is 6. The van der Waals surface area contributed by atoms with Crippen LogP contribution in [0.25, 0.3) is 0 Å². The number of carbonyl (C=O) groups excluding carboxylic acids is 2. The number of hydrogen-bond donors (Lipinski definition) is 2. The summed E-state index contributed by atoms with van der Waals surface area (Å²) in [6.07, 6.45) is 0. The van der Waals surface area contributed by atoms with Crippen molar-refractivity contribution >= 4 is 23.2 Å². The summed E-state index contributed by atoms with van der Waals surface area (Å²) in [6.45, 7) is 18.8. The van der Waals surface area contributed by atoms with Crippen molar-refractivity contribution in [2.45, 2.75) is 41.5 Å². The molecule has 3 rings (SSSR count). The minimum absolute atomic E-state index is 0.0590. The number of ether oxygens (including phenoxy) is 4. The fraction of sp³-hybridized carbons (Fsp3) is 0.588. The lowest BCUT2D eigenvalue weighted by molar-refractivity contribution is -0.118. The summed E-state index contributed by atoms with van der Waals surface area (Å²) in [5.41, 5.74) is 8.33. The van der Waals surface area contributed by atoms with Crippen LogP contribution in [0.5, 0.6) is 0 Å². The lowest BCUT2D eigenvalue weighted by Crippen LogP contribution is -2.39. The van der Waals surface area contributed by atoms with E-state index in [2.05, 4.69) is 48.7 Å². The number of amides is 2. The highest BCUT2D eigenvalue weighted by atomic mass is 16.5. The molecule has 2 amide bonds. The van der Waals surface area contributed by atoms with Gasteiger partial charge in [-0.15, -0.1) is 0 Å². The second kappa shape index (κ2) is 18.8. The zero-order valence-corrected chi connectivity index (χ0v) is 27.6. The quantitative estimate of drug-likeness (QED) is 0.508. The van der Waals surface area contributed by atoms with Crippen molar-refractivity contribution in [3.8, 4) is 0 Å². The van der Waals surface area contributed by atoms with Crippen molar-refractivity contribution in [2.75, 3.05) is 103 Å². The third-order valence-electron chi connectivity index (χ3n) is 7.57. The van der Waals surface area contributed by atoms with E-state index in [4.69, 9.17) is 18.9 Å². The maximum Gasteiger partial charge on any atom is 0.238 e. The number of benzene rings is 2. The van der Waals surface area contributed by atoms with Crippen LogP contribution < -0.4 is 10.6 Å². The van der Waals surface area contributed by atoms with E-state index in [1.165, 1.54) is 11.1 Å². The Bertz CT molecular complexity index is 1060. The Hall–Kier alpha value is -2.86. The molecule has 1 aliphatic rings.